The van der Waals surface area contributed by atoms with Gasteiger partial charge in [0.2, 0.25) is 5.91 Å². The second-order valence-corrected chi connectivity index (χ2v) is 7.96. The Balaban J connectivity index is 1.66. The molecule has 0 aliphatic carbocycles. The summed E-state index contributed by atoms with van der Waals surface area (Å²) >= 11 is 0. The zero-order chi connectivity index (χ0) is 21.0. The lowest BCUT2D eigenvalue weighted by atomic mass is 9.88. The Labute approximate surface area is 173 Å². The molecule has 0 bridgehead atoms. The van der Waals surface area contributed by atoms with Crippen LogP contribution >= 0.6 is 0 Å². The van der Waals surface area contributed by atoms with E-state index in [2.05, 4.69) is 10.2 Å². The predicted octanol–water partition coefficient (Wildman–Crippen LogP) is 4.37. The van der Waals surface area contributed by atoms with Crippen LogP contribution < -0.4 is 10.1 Å². The van der Waals surface area contributed by atoms with Crippen molar-refractivity contribution in [1.29, 1.82) is 0 Å². The molecule has 0 spiro atoms. The molecule has 3 rings (SSSR count). The highest BCUT2D eigenvalue weighted by Gasteiger charge is 2.27. The topological polar surface area (TPSA) is 58.6 Å². The first kappa shape index (κ1) is 21.1. The Morgan fingerprint density at radius 3 is 2.38 bits per heavy atom. The minimum atomic E-state index is -0.0702. The third-order valence-electron chi connectivity index (χ3n) is 5.51. The maximum Gasteiger partial charge on any atom is 0.221 e. The zero-order valence-corrected chi connectivity index (χ0v) is 17.7. The number of benzene rings is 2. The van der Waals surface area contributed by atoms with E-state index in [1.807, 2.05) is 50.2 Å². The summed E-state index contributed by atoms with van der Waals surface area (Å²) < 4.78 is 5.43. The van der Waals surface area contributed by atoms with Crippen molar-refractivity contribution in [2.75, 3.05) is 25.5 Å². The van der Waals surface area contributed by atoms with E-state index in [1.54, 1.807) is 7.11 Å². The zero-order valence-electron chi connectivity index (χ0n) is 17.7. The molecule has 0 unspecified atom stereocenters. The minimum absolute atomic E-state index is 0.0228. The van der Waals surface area contributed by atoms with Gasteiger partial charge in [-0.05, 0) is 74.2 Å². The van der Waals surface area contributed by atoms with E-state index in [0.29, 0.717) is 0 Å². The molecule has 2 aromatic rings. The molecule has 154 valence electrons. The molecular formula is C24H30N2O3. The van der Waals surface area contributed by atoms with Crippen molar-refractivity contribution in [2.45, 2.75) is 40.2 Å². The van der Waals surface area contributed by atoms with Crippen LogP contribution in [0.3, 0.4) is 0 Å². The molecule has 29 heavy (non-hydrogen) atoms. The summed E-state index contributed by atoms with van der Waals surface area (Å²) in [5.41, 5.74) is 4.78. The van der Waals surface area contributed by atoms with Gasteiger partial charge in [-0.25, -0.2) is 0 Å². The summed E-state index contributed by atoms with van der Waals surface area (Å²) in [4.78, 5) is 26.6. The van der Waals surface area contributed by atoms with E-state index in [1.165, 1.54) is 12.5 Å². The first-order valence-corrected chi connectivity index (χ1v) is 10.2. The van der Waals surface area contributed by atoms with Crippen LogP contribution in [-0.2, 0) is 11.3 Å². The summed E-state index contributed by atoms with van der Waals surface area (Å²) in [5, 5.41) is 2.79. The average molecular weight is 395 g/mol. The van der Waals surface area contributed by atoms with Crippen molar-refractivity contribution >= 4 is 17.4 Å². The lowest BCUT2D eigenvalue weighted by Crippen LogP contribution is -2.38. The molecule has 0 aromatic heterocycles. The van der Waals surface area contributed by atoms with Gasteiger partial charge >= 0.3 is 0 Å². The summed E-state index contributed by atoms with van der Waals surface area (Å²) in [5.74, 6) is 1.04. The third kappa shape index (κ3) is 5.24. The van der Waals surface area contributed by atoms with Crippen molar-refractivity contribution in [3.05, 3.63) is 58.7 Å². The standard InChI is InChI=1S/C24H30N2O3/c1-16-12-21(13-17(2)24(16)29-4)23(28)20-6-5-11-26(15-20)14-19-7-9-22(10-8-19)25-18(3)27/h7-10,12-13,20H,5-6,11,14-15H2,1-4H3,(H,25,27)/t20-/m0/s1. The number of hydrogen-bond acceptors (Lipinski definition) is 4. The van der Waals surface area contributed by atoms with E-state index in [4.69, 9.17) is 4.74 Å². The van der Waals surface area contributed by atoms with Crippen LogP contribution in [0.2, 0.25) is 0 Å². The highest BCUT2D eigenvalue weighted by atomic mass is 16.5. The van der Waals surface area contributed by atoms with Gasteiger partial charge in [-0.3, -0.25) is 14.5 Å². The van der Waals surface area contributed by atoms with Crippen molar-refractivity contribution < 1.29 is 14.3 Å². The van der Waals surface area contributed by atoms with Gasteiger partial charge < -0.3 is 10.1 Å². The molecule has 2 aromatic carbocycles. The van der Waals surface area contributed by atoms with Crippen molar-refractivity contribution in [3.8, 4) is 5.75 Å². The number of ketones is 1. The van der Waals surface area contributed by atoms with Gasteiger partial charge in [0.1, 0.15) is 5.75 Å². The van der Waals surface area contributed by atoms with Crippen LogP contribution in [0.1, 0.15) is 46.8 Å². The smallest absolute Gasteiger partial charge is 0.221 e. The lowest BCUT2D eigenvalue weighted by molar-refractivity contribution is -0.114. The molecular weight excluding hydrogens is 364 g/mol. The summed E-state index contributed by atoms with van der Waals surface area (Å²) in [7, 11) is 1.67. The SMILES string of the molecule is COc1c(C)cc(C(=O)[C@H]2CCCN(Cc3ccc(NC(C)=O)cc3)C2)cc1C. The maximum absolute atomic E-state index is 13.1. The molecule has 1 aliphatic rings. The Hall–Kier alpha value is -2.66. The minimum Gasteiger partial charge on any atom is -0.496 e. The second kappa shape index (κ2) is 9.23. The van der Waals surface area contributed by atoms with E-state index < -0.39 is 0 Å². The van der Waals surface area contributed by atoms with Crippen LogP contribution in [-0.4, -0.2) is 36.8 Å². The van der Waals surface area contributed by atoms with Gasteiger partial charge in [-0.15, -0.1) is 0 Å². The molecule has 1 saturated heterocycles. The Morgan fingerprint density at radius 2 is 1.79 bits per heavy atom. The van der Waals surface area contributed by atoms with Crippen molar-refractivity contribution in [1.82, 2.24) is 4.90 Å². The Morgan fingerprint density at radius 1 is 1.14 bits per heavy atom. The molecule has 1 aliphatic heterocycles. The fourth-order valence-electron chi connectivity index (χ4n) is 4.22. The quantitative estimate of drug-likeness (QED) is 0.740. The predicted molar refractivity (Wildman–Crippen MR) is 116 cm³/mol. The lowest BCUT2D eigenvalue weighted by Gasteiger charge is -2.32. The Bertz CT molecular complexity index is 866. The number of piperidine rings is 1. The number of nitrogens with one attached hydrogen (secondary N) is 1. The molecule has 1 N–H and O–H groups in total. The number of amides is 1. The van der Waals surface area contributed by atoms with Crippen molar-refractivity contribution in [3.63, 3.8) is 0 Å². The summed E-state index contributed by atoms with van der Waals surface area (Å²) in [6.45, 7) is 8.06. The number of likely N-dealkylation sites (tertiary alicyclic amines) is 1. The molecule has 1 heterocycles. The normalized spacial score (nSPS) is 17.0. The highest BCUT2D eigenvalue weighted by Crippen LogP contribution is 2.28. The summed E-state index contributed by atoms with van der Waals surface area (Å²) in [6, 6.07) is 11.8. The van der Waals surface area contributed by atoms with Gasteiger partial charge in [0.05, 0.1) is 7.11 Å². The molecule has 1 amide bonds. The van der Waals surface area contributed by atoms with Crippen LogP contribution in [0.25, 0.3) is 0 Å². The van der Waals surface area contributed by atoms with Crippen LogP contribution in [0.15, 0.2) is 36.4 Å². The summed E-state index contributed by atoms with van der Waals surface area (Å²) in [6.07, 6.45) is 1.95. The molecule has 0 saturated carbocycles. The van der Waals surface area contributed by atoms with Gasteiger partial charge in [0, 0.05) is 37.2 Å². The first-order chi connectivity index (χ1) is 13.9. The average Bonchev–Trinajstić information content (AvgIpc) is 2.68. The molecule has 0 radical (unpaired) electrons. The first-order valence-electron chi connectivity index (χ1n) is 10.2. The number of nitrogens with zero attached hydrogens (tertiary/aromatic N) is 1. The number of aryl methyl sites for hydroxylation is 2. The van der Waals surface area contributed by atoms with Gasteiger partial charge in [0.25, 0.3) is 0 Å². The Kier molecular flexibility index (Phi) is 6.70. The monoisotopic (exact) mass is 394 g/mol. The van der Waals surface area contributed by atoms with Crippen LogP contribution in [0, 0.1) is 19.8 Å². The molecule has 1 fully saturated rings. The number of hydrogen-bond donors (Lipinski definition) is 1. The van der Waals surface area contributed by atoms with E-state index in [9.17, 15) is 9.59 Å². The number of carbonyl (C=O) groups excluding carboxylic acids is 2. The fourth-order valence-corrected chi connectivity index (χ4v) is 4.22. The second-order valence-electron chi connectivity index (χ2n) is 7.96. The molecule has 5 nitrogen and oxygen atoms in total. The van der Waals surface area contributed by atoms with Crippen LogP contribution in [0.5, 0.6) is 5.75 Å². The molecule has 1 atom stereocenters. The van der Waals surface area contributed by atoms with Gasteiger partial charge in [-0.1, -0.05) is 12.1 Å². The number of methoxy groups -OCH3 is 1. The van der Waals surface area contributed by atoms with Gasteiger partial charge in [-0.2, -0.15) is 0 Å². The number of carbonyl (C=O) groups is 2. The maximum atomic E-state index is 13.1. The largest absolute Gasteiger partial charge is 0.496 e. The fraction of sp³-hybridized carbons (Fsp3) is 0.417. The number of Topliss-reactive ketones (excluding diaryl/α,β-unsaturated/α-hetero) is 1. The third-order valence-corrected chi connectivity index (χ3v) is 5.51. The van der Waals surface area contributed by atoms with Crippen molar-refractivity contribution in [2.24, 2.45) is 5.92 Å². The molecule has 5 heteroatoms. The van der Waals surface area contributed by atoms with E-state index in [0.717, 1.165) is 60.6 Å². The van der Waals surface area contributed by atoms with E-state index >= 15 is 0 Å². The van der Waals surface area contributed by atoms with Gasteiger partial charge in [0.15, 0.2) is 5.78 Å². The number of rotatable bonds is 6. The highest BCUT2D eigenvalue weighted by molar-refractivity contribution is 5.98. The van der Waals surface area contributed by atoms with E-state index in [-0.39, 0.29) is 17.6 Å². The number of ether oxygens (including phenoxy) is 1. The number of anilines is 1. The van der Waals surface area contributed by atoms with Crippen LogP contribution in [0.4, 0.5) is 5.69 Å².